The fourth-order valence-electron chi connectivity index (χ4n) is 2.72. The number of hydrogen-bond donors (Lipinski definition) is 1. The van der Waals surface area contributed by atoms with Crippen LogP contribution in [0.5, 0.6) is 5.75 Å². The Morgan fingerprint density at radius 1 is 1.19 bits per heavy atom. The monoisotopic (exact) mass is 387 g/mol. The van der Waals surface area contributed by atoms with Crippen molar-refractivity contribution in [3.8, 4) is 5.75 Å². The molecule has 2 aromatic carbocycles. The van der Waals surface area contributed by atoms with Crippen LogP contribution in [0.4, 0.5) is 5.69 Å². The van der Waals surface area contributed by atoms with Gasteiger partial charge in [-0.1, -0.05) is 18.2 Å². The summed E-state index contributed by atoms with van der Waals surface area (Å²) in [5.74, 6) is 0.119. The molecule has 0 radical (unpaired) electrons. The van der Waals surface area contributed by atoms with Crippen molar-refractivity contribution in [2.75, 3.05) is 24.8 Å². The van der Waals surface area contributed by atoms with E-state index in [-0.39, 0.29) is 17.6 Å². The maximum atomic E-state index is 12.5. The molecule has 0 bridgehead atoms. The van der Waals surface area contributed by atoms with Crippen molar-refractivity contribution in [2.24, 2.45) is 0 Å². The lowest BCUT2D eigenvalue weighted by Gasteiger charge is -2.14. The molecule has 1 N–H and O–H groups in total. The van der Waals surface area contributed by atoms with E-state index in [1.54, 1.807) is 27.0 Å². The van der Waals surface area contributed by atoms with E-state index in [4.69, 9.17) is 13.9 Å². The second kappa shape index (κ2) is 8.35. The number of carbonyl (C=O) groups excluding carboxylic acids is 2. The molecule has 0 spiro atoms. The van der Waals surface area contributed by atoms with Gasteiger partial charge in [0.2, 0.25) is 5.91 Å². The third-order valence-corrected chi connectivity index (χ3v) is 5.20. The first-order chi connectivity index (χ1) is 13.0. The molecular weight excluding hydrogens is 366 g/mol. The number of benzene rings is 2. The summed E-state index contributed by atoms with van der Waals surface area (Å²) in [6.45, 7) is 3.82. The van der Waals surface area contributed by atoms with Crippen molar-refractivity contribution < 1.29 is 23.5 Å². The maximum Gasteiger partial charge on any atom is 0.315 e. The van der Waals surface area contributed by atoms with Gasteiger partial charge in [0.25, 0.3) is 0 Å². The van der Waals surface area contributed by atoms with E-state index in [0.717, 1.165) is 16.4 Å². The van der Waals surface area contributed by atoms with Crippen LogP contribution < -0.4 is 10.1 Å². The number of furan rings is 1. The van der Waals surface area contributed by atoms with E-state index in [9.17, 15) is 9.59 Å². The number of methoxy groups -OCH3 is 1. The Kier molecular flexibility index (Phi) is 5.91. The number of hydrogen-bond acceptors (Lipinski definition) is 6. The van der Waals surface area contributed by atoms with Gasteiger partial charge in [-0.05, 0) is 26.0 Å². The lowest BCUT2D eigenvalue weighted by Crippen LogP contribution is -2.24. The first-order valence-corrected chi connectivity index (χ1v) is 9.65. The summed E-state index contributed by atoms with van der Waals surface area (Å²) < 4.78 is 16.2. The van der Waals surface area contributed by atoms with E-state index in [2.05, 4.69) is 5.32 Å². The van der Waals surface area contributed by atoms with Gasteiger partial charge < -0.3 is 19.2 Å². The highest BCUT2D eigenvalue weighted by Gasteiger charge is 2.19. The number of rotatable bonds is 7. The Hall–Kier alpha value is -2.67. The predicted molar refractivity (Wildman–Crippen MR) is 107 cm³/mol. The molecule has 1 amide bonds. The topological polar surface area (TPSA) is 77.8 Å². The van der Waals surface area contributed by atoms with Crippen molar-refractivity contribution in [3.63, 3.8) is 0 Å². The summed E-state index contributed by atoms with van der Waals surface area (Å²) in [4.78, 5) is 23.9. The van der Waals surface area contributed by atoms with Crippen molar-refractivity contribution >= 4 is 51.3 Å². The van der Waals surface area contributed by atoms with Crippen LogP contribution in [0.25, 0.3) is 21.9 Å². The molecular formula is C20H21NO5S. The molecule has 1 atom stereocenters. The van der Waals surface area contributed by atoms with Gasteiger partial charge >= 0.3 is 5.97 Å². The molecule has 7 heteroatoms. The molecule has 0 aliphatic carbocycles. The van der Waals surface area contributed by atoms with E-state index in [1.165, 1.54) is 11.8 Å². The number of ether oxygens (including phenoxy) is 2. The van der Waals surface area contributed by atoms with Gasteiger partial charge in [-0.3, -0.25) is 9.59 Å². The fraction of sp³-hybridized carbons (Fsp3) is 0.300. The molecule has 0 saturated carbocycles. The molecule has 3 aromatic rings. The van der Waals surface area contributed by atoms with Crippen LogP contribution in [0, 0.1) is 0 Å². The highest BCUT2D eigenvalue weighted by atomic mass is 32.2. The summed E-state index contributed by atoms with van der Waals surface area (Å²) in [6.07, 6.45) is 0. The van der Waals surface area contributed by atoms with Gasteiger partial charge in [-0.2, -0.15) is 0 Å². The molecule has 3 rings (SSSR count). The molecule has 0 saturated heterocycles. The fourth-order valence-corrected chi connectivity index (χ4v) is 3.40. The number of para-hydroxylation sites is 1. The highest BCUT2D eigenvalue weighted by Crippen LogP contribution is 2.36. The quantitative estimate of drug-likeness (QED) is 0.612. The predicted octanol–water partition coefficient (Wildman–Crippen LogP) is 4.22. The Morgan fingerprint density at radius 3 is 2.70 bits per heavy atom. The number of carbonyl (C=O) groups is 2. The molecule has 6 nitrogen and oxygen atoms in total. The molecule has 1 aromatic heterocycles. The summed E-state index contributed by atoms with van der Waals surface area (Å²) >= 11 is 1.22. The zero-order chi connectivity index (χ0) is 19.4. The van der Waals surface area contributed by atoms with E-state index >= 15 is 0 Å². The van der Waals surface area contributed by atoms with Crippen LogP contribution in [-0.2, 0) is 14.3 Å². The Morgan fingerprint density at radius 2 is 1.96 bits per heavy atom. The lowest BCUT2D eigenvalue weighted by molar-refractivity contribution is -0.139. The van der Waals surface area contributed by atoms with Gasteiger partial charge in [-0.25, -0.2) is 0 Å². The normalized spacial score (nSPS) is 12.1. The zero-order valence-electron chi connectivity index (χ0n) is 15.4. The smallest absolute Gasteiger partial charge is 0.315 e. The Labute approximate surface area is 161 Å². The first kappa shape index (κ1) is 19.1. The minimum Gasteiger partial charge on any atom is -0.495 e. The van der Waals surface area contributed by atoms with Crippen LogP contribution in [0.15, 0.2) is 40.8 Å². The van der Waals surface area contributed by atoms with Gasteiger partial charge in [0.05, 0.1) is 30.4 Å². The van der Waals surface area contributed by atoms with Crippen molar-refractivity contribution in [1.82, 2.24) is 0 Å². The Balaban J connectivity index is 1.80. The SMILES string of the molecule is CCOC(=O)CS[C@H](C)C(=O)Nc1cc2oc3ccccc3c2cc1OC. The summed E-state index contributed by atoms with van der Waals surface area (Å²) in [5.41, 5.74) is 1.97. The van der Waals surface area contributed by atoms with Gasteiger partial charge in [-0.15, -0.1) is 11.8 Å². The standard InChI is InChI=1S/C20H21NO5S/c1-4-25-19(22)11-27-12(2)20(23)21-15-10-17-14(9-18(15)24-3)13-7-5-6-8-16(13)26-17/h5-10,12H,4,11H2,1-3H3,(H,21,23)/t12-/m1/s1. The van der Waals surface area contributed by atoms with Crippen LogP contribution in [-0.4, -0.2) is 36.6 Å². The average molecular weight is 387 g/mol. The molecule has 1 heterocycles. The van der Waals surface area contributed by atoms with Crippen molar-refractivity contribution in [1.29, 1.82) is 0 Å². The van der Waals surface area contributed by atoms with Crippen molar-refractivity contribution in [2.45, 2.75) is 19.1 Å². The number of thioether (sulfide) groups is 1. The highest BCUT2D eigenvalue weighted by molar-refractivity contribution is 8.01. The molecule has 0 aliphatic rings. The van der Waals surface area contributed by atoms with Crippen LogP contribution in [0.2, 0.25) is 0 Å². The minimum absolute atomic E-state index is 0.127. The minimum atomic E-state index is -0.425. The third kappa shape index (κ3) is 4.19. The number of amides is 1. The van der Waals surface area contributed by atoms with Gasteiger partial charge in [0.15, 0.2) is 0 Å². The maximum absolute atomic E-state index is 12.5. The van der Waals surface area contributed by atoms with Gasteiger partial charge in [0, 0.05) is 16.8 Å². The third-order valence-electron chi connectivity index (χ3n) is 4.08. The lowest BCUT2D eigenvalue weighted by atomic mass is 10.1. The van der Waals surface area contributed by atoms with Crippen molar-refractivity contribution in [3.05, 3.63) is 36.4 Å². The summed E-state index contributed by atoms with van der Waals surface area (Å²) in [5, 5.41) is 4.34. The summed E-state index contributed by atoms with van der Waals surface area (Å²) in [6, 6.07) is 11.3. The zero-order valence-corrected chi connectivity index (χ0v) is 16.2. The second-order valence-electron chi connectivity index (χ2n) is 5.89. The van der Waals surface area contributed by atoms with E-state index in [0.29, 0.717) is 23.6 Å². The van der Waals surface area contributed by atoms with Gasteiger partial charge in [0.1, 0.15) is 16.9 Å². The Bertz CT molecular complexity index is 981. The van der Waals surface area contributed by atoms with E-state index < -0.39 is 5.25 Å². The molecule has 0 fully saturated rings. The number of anilines is 1. The average Bonchev–Trinajstić information content (AvgIpc) is 3.02. The molecule has 142 valence electrons. The molecule has 27 heavy (non-hydrogen) atoms. The largest absolute Gasteiger partial charge is 0.495 e. The van der Waals surface area contributed by atoms with Crippen LogP contribution in [0.3, 0.4) is 0 Å². The summed E-state index contributed by atoms with van der Waals surface area (Å²) in [7, 11) is 1.55. The number of fused-ring (bicyclic) bond motifs is 3. The number of esters is 1. The van der Waals surface area contributed by atoms with E-state index in [1.807, 2.05) is 30.3 Å². The van der Waals surface area contributed by atoms with Crippen LogP contribution >= 0.6 is 11.8 Å². The number of nitrogens with one attached hydrogen (secondary N) is 1. The van der Waals surface area contributed by atoms with Crippen LogP contribution in [0.1, 0.15) is 13.8 Å². The first-order valence-electron chi connectivity index (χ1n) is 8.60. The molecule has 0 aliphatic heterocycles. The second-order valence-corrected chi connectivity index (χ2v) is 7.22. The molecule has 0 unspecified atom stereocenters.